The van der Waals surface area contributed by atoms with Crippen LogP contribution in [0.2, 0.25) is 5.02 Å². The average molecular weight is 383 g/mol. The molecular formula is C22H23ClN2O2. The predicted octanol–water partition coefficient (Wildman–Crippen LogP) is 3.74. The molecule has 2 aromatic carbocycles. The van der Waals surface area contributed by atoms with Crippen molar-refractivity contribution in [1.82, 2.24) is 9.80 Å². The normalized spacial score (nSPS) is 17.7. The number of rotatable bonds is 5. The highest BCUT2D eigenvalue weighted by Gasteiger charge is 2.29. The van der Waals surface area contributed by atoms with E-state index in [1.807, 2.05) is 11.0 Å². The molecule has 1 aliphatic heterocycles. The van der Waals surface area contributed by atoms with Gasteiger partial charge in [0.05, 0.1) is 5.56 Å². The number of halogens is 1. The molecule has 2 aliphatic rings. The molecule has 140 valence electrons. The Morgan fingerprint density at radius 1 is 0.889 bits per heavy atom. The van der Waals surface area contributed by atoms with E-state index < -0.39 is 0 Å². The molecule has 27 heavy (non-hydrogen) atoms. The van der Waals surface area contributed by atoms with Gasteiger partial charge in [0.15, 0.2) is 5.78 Å². The van der Waals surface area contributed by atoms with Crippen molar-refractivity contribution in [2.75, 3.05) is 32.7 Å². The SMILES string of the molecule is O=C(c1ccc(Cl)cc1)c1ccccc1C(=O)N1CCN(CC2CC2)CC1. The van der Waals surface area contributed by atoms with Crippen LogP contribution in [-0.2, 0) is 0 Å². The van der Waals surface area contributed by atoms with E-state index in [-0.39, 0.29) is 11.7 Å². The third-order valence-electron chi connectivity index (χ3n) is 5.38. The third-order valence-corrected chi connectivity index (χ3v) is 5.63. The number of benzene rings is 2. The van der Waals surface area contributed by atoms with E-state index in [9.17, 15) is 9.59 Å². The molecule has 0 N–H and O–H groups in total. The number of carbonyl (C=O) groups is 2. The van der Waals surface area contributed by atoms with Crippen molar-refractivity contribution in [3.8, 4) is 0 Å². The van der Waals surface area contributed by atoms with Gasteiger partial charge in [-0.15, -0.1) is 0 Å². The van der Waals surface area contributed by atoms with Crippen LogP contribution in [0.5, 0.6) is 0 Å². The van der Waals surface area contributed by atoms with Crippen molar-refractivity contribution >= 4 is 23.3 Å². The van der Waals surface area contributed by atoms with Crippen molar-refractivity contribution in [2.45, 2.75) is 12.8 Å². The summed E-state index contributed by atoms with van der Waals surface area (Å²) in [5, 5.41) is 0.583. The first kappa shape index (κ1) is 18.2. The van der Waals surface area contributed by atoms with Gasteiger partial charge in [0.1, 0.15) is 0 Å². The van der Waals surface area contributed by atoms with Crippen molar-refractivity contribution < 1.29 is 9.59 Å². The van der Waals surface area contributed by atoms with Gasteiger partial charge >= 0.3 is 0 Å². The number of amides is 1. The molecule has 0 unspecified atom stereocenters. The Labute approximate surface area is 164 Å². The molecule has 2 aromatic rings. The van der Waals surface area contributed by atoms with Gasteiger partial charge < -0.3 is 4.90 Å². The second-order valence-corrected chi connectivity index (χ2v) is 7.85. The molecule has 1 saturated carbocycles. The minimum absolute atomic E-state index is 0.0565. The van der Waals surface area contributed by atoms with Crippen molar-refractivity contribution in [3.63, 3.8) is 0 Å². The molecule has 1 amide bonds. The van der Waals surface area contributed by atoms with Crippen LogP contribution in [0.3, 0.4) is 0 Å². The number of carbonyl (C=O) groups excluding carboxylic acids is 2. The summed E-state index contributed by atoms with van der Waals surface area (Å²) in [7, 11) is 0. The first-order valence-electron chi connectivity index (χ1n) is 9.53. The third kappa shape index (κ3) is 4.23. The first-order chi connectivity index (χ1) is 13.1. The topological polar surface area (TPSA) is 40.6 Å². The lowest BCUT2D eigenvalue weighted by Crippen LogP contribution is -2.49. The largest absolute Gasteiger partial charge is 0.336 e. The summed E-state index contributed by atoms with van der Waals surface area (Å²) < 4.78 is 0. The molecule has 2 fully saturated rings. The van der Waals surface area contributed by atoms with Crippen LogP contribution in [0.1, 0.15) is 39.1 Å². The van der Waals surface area contributed by atoms with Gasteiger partial charge in [-0.1, -0.05) is 29.8 Å². The quantitative estimate of drug-likeness (QED) is 0.739. The second kappa shape index (κ2) is 7.83. The van der Waals surface area contributed by atoms with Gasteiger partial charge in [-0.2, -0.15) is 0 Å². The summed E-state index contributed by atoms with van der Waals surface area (Å²) in [6, 6.07) is 13.9. The summed E-state index contributed by atoms with van der Waals surface area (Å²) in [5.41, 5.74) is 1.47. The monoisotopic (exact) mass is 382 g/mol. The molecule has 0 radical (unpaired) electrons. The fourth-order valence-corrected chi connectivity index (χ4v) is 3.72. The van der Waals surface area contributed by atoms with E-state index in [1.54, 1.807) is 42.5 Å². The van der Waals surface area contributed by atoms with Crippen LogP contribution >= 0.6 is 11.6 Å². The summed E-state index contributed by atoms with van der Waals surface area (Å²) in [5.74, 6) is 0.659. The Hall–Kier alpha value is -2.17. The van der Waals surface area contributed by atoms with Crippen molar-refractivity contribution in [2.24, 2.45) is 5.92 Å². The average Bonchev–Trinajstić information content (AvgIpc) is 3.52. The van der Waals surface area contributed by atoms with Gasteiger partial charge in [0.2, 0.25) is 0 Å². The molecule has 4 nitrogen and oxygen atoms in total. The highest BCUT2D eigenvalue weighted by Crippen LogP contribution is 2.30. The number of hydrogen-bond donors (Lipinski definition) is 0. The van der Waals surface area contributed by atoms with E-state index >= 15 is 0 Å². The lowest BCUT2D eigenvalue weighted by atomic mass is 9.97. The Bertz CT molecular complexity index is 838. The van der Waals surface area contributed by atoms with Crippen molar-refractivity contribution in [1.29, 1.82) is 0 Å². The van der Waals surface area contributed by atoms with Crippen LogP contribution in [0.25, 0.3) is 0 Å². The minimum atomic E-state index is -0.150. The lowest BCUT2D eigenvalue weighted by Gasteiger charge is -2.35. The maximum absolute atomic E-state index is 13.1. The predicted molar refractivity (Wildman–Crippen MR) is 106 cm³/mol. The molecule has 0 bridgehead atoms. The highest BCUT2D eigenvalue weighted by atomic mass is 35.5. The van der Waals surface area contributed by atoms with Gasteiger partial charge in [-0.3, -0.25) is 14.5 Å². The number of piperazine rings is 1. The van der Waals surface area contributed by atoms with Crippen LogP contribution in [0, 0.1) is 5.92 Å². The zero-order chi connectivity index (χ0) is 18.8. The molecule has 5 heteroatoms. The van der Waals surface area contributed by atoms with Crippen LogP contribution < -0.4 is 0 Å². The Kier molecular flexibility index (Phi) is 5.28. The summed E-state index contributed by atoms with van der Waals surface area (Å²) >= 11 is 5.92. The molecule has 4 rings (SSSR count). The molecular weight excluding hydrogens is 360 g/mol. The number of ketones is 1. The summed E-state index contributed by atoms with van der Waals surface area (Å²) in [6.07, 6.45) is 2.69. The van der Waals surface area contributed by atoms with Crippen LogP contribution in [0.15, 0.2) is 48.5 Å². The standard InChI is InChI=1S/C22H23ClN2O2/c23-18-9-7-17(8-10-18)21(26)19-3-1-2-4-20(19)22(27)25-13-11-24(12-14-25)15-16-5-6-16/h1-4,7-10,16H,5-6,11-15H2. The fourth-order valence-electron chi connectivity index (χ4n) is 3.59. The van der Waals surface area contributed by atoms with E-state index in [4.69, 9.17) is 11.6 Å². The maximum atomic E-state index is 13.1. The number of hydrogen-bond acceptors (Lipinski definition) is 3. The molecule has 1 aliphatic carbocycles. The maximum Gasteiger partial charge on any atom is 0.254 e. The van der Waals surface area contributed by atoms with Crippen LogP contribution in [-0.4, -0.2) is 54.2 Å². The first-order valence-corrected chi connectivity index (χ1v) is 9.90. The van der Waals surface area contributed by atoms with E-state index in [1.165, 1.54) is 12.8 Å². The molecule has 0 atom stereocenters. The molecule has 1 heterocycles. The zero-order valence-corrected chi connectivity index (χ0v) is 16.0. The van der Waals surface area contributed by atoms with E-state index in [0.717, 1.165) is 38.6 Å². The van der Waals surface area contributed by atoms with E-state index in [0.29, 0.717) is 21.7 Å². The molecule has 0 spiro atoms. The smallest absolute Gasteiger partial charge is 0.254 e. The van der Waals surface area contributed by atoms with Gasteiger partial charge in [-0.25, -0.2) is 0 Å². The molecule has 1 saturated heterocycles. The summed E-state index contributed by atoms with van der Waals surface area (Å²) in [4.78, 5) is 30.3. The van der Waals surface area contributed by atoms with Gasteiger partial charge in [-0.05, 0) is 49.1 Å². The van der Waals surface area contributed by atoms with Crippen molar-refractivity contribution in [3.05, 3.63) is 70.2 Å². The molecule has 0 aromatic heterocycles. The second-order valence-electron chi connectivity index (χ2n) is 7.42. The highest BCUT2D eigenvalue weighted by molar-refractivity contribution is 6.30. The van der Waals surface area contributed by atoms with E-state index in [2.05, 4.69) is 4.90 Å². The number of nitrogens with zero attached hydrogens (tertiary/aromatic N) is 2. The Morgan fingerprint density at radius 2 is 1.52 bits per heavy atom. The van der Waals surface area contributed by atoms with Gasteiger partial charge in [0, 0.05) is 48.9 Å². The minimum Gasteiger partial charge on any atom is -0.336 e. The fraction of sp³-hybridized carbons (Fsp3) is 0.364. The Morgan fingerprint density at radius 3 is 2.15 bits per heavy atom. The van der Waals surface area contributed by atoms with Crippen LogP contribution in [0.4, 0.5) is 0 Å². The zero-order valence-electron chi connectivity index (χ0n) is 15.2. The lowest BCUT2D eigenvalue weighted by molar-refractivity contribution is 0.0629. The van der Waals surface area contributed by atoms with Gasteiger partial charge in [0.25, 0.3) is 5.91 Å². The Balaban J connectivity index is 1.49. The summed E-state index contributed by atoms with van der Waals surface area (Å²) in [6.45, 7) is 4.42.